The van der Waals surface area contributed by atoms with Crippen LogP contribution in [0.15, 0.2) is 4.63 Å². The fraction of sp³-hybridized carbons (Fsp3) is 0.571. The number of rotatable bonds is 4. The number of hydrogen-bond acceptors (Lipinski definition) is 5. The summed E-state index contributed by atoms with van der Waals surface area (Å²) in [5.74, 6) is 0.203. The summed E-state index contributed by atoms with van der Waals surface area (Å²) >= 11 is 0. The van der Waals surface area contributed by atoms with Crippen LogP contribution in [-0.2, 0) is 0 Å². The van der Waals surface area contributed by atoms with Crippen molar-refractivity contribution in [3.63, 3.8) is 0 Å². The van der Waals surface area contributed by atoms with Crippen molar-refractivity contribution < 1.29 is 9.42 Å². The first-order chi connectivity index (χ1) is 6.74. The number of unbranched alkanes of at least 4 members (excludes halogenated alkanes) is 1. The van der Waals surface area contributed by atoms with E-state index in [1.807, 2.05) is 6.92 Å². The highest BCUT2D eigenvalue weighted by molar-refractivity contribution is 5.90. The van der Waals surface area contributed by atoms with E-state index in [1.54, 1.807) is 0 Å². The molecular formula is C7H13N5O2. The molecule has 0 bridgehead atoms. The quantitative estimate of drug-likeness (QED) is 0.615. The zero-order valence-corrected chi connectivity index (χ0v) is 7.91. The van der Waals surface area contributed by atoms with Gasteiger partial charge in [-0.05, 0) is 16.7 Å². The van der Waals surface area contributed by atoms with E-state index < -0.39 is 0 Å². The molecule has 0 aliphatic rings. The average Bonchev–Trinajstić information content (AvgIpc) is 2.52. The van der Waals surface area contributed by atoms with Crippen LogP contribution >= 0.6 is 0 Å². The third kappa shape index (κ3) is 2.92. The Bertz CT molecular complexity index is 298. The van der Waals surface area contributed by atoms with Crippen LogP contribution < -0.4 is 16.4 Å². The molecule has 1 heterocycles. The Morgan fingerprint density at radius 3 is 2.93 bits per heavy atom. The standard InChI is InChI=1S/C7H13N5O2/c1-2-3-4-9-7(13)10-6-5(8)11-14-12-6/h2-4H2,1H3,(H2,8,11)(H2,9,10,12,13). The Labute approximate surface area is 81.0 Å². The van der Waals surface area contributed by atoms with E-state index in [0.717, 1.165) is 12.8 Å². The van der Waals surface area contributed by atoms with Gasteiger partial charge >= 0.3 is 6.03 Å². The summed E-state index contributed by atoms with van der Waals surface area (Å²) in [6, 6.07) is -0.360. The molecule has 0 fully saturated rings. The lowest BCUT2D eigenvalue weighted by atomic mass is 10.3. The molecule has 0 aliphatic heterocycles. The van der Waals surface area contributed by atoms with E-state index >= 15 is 0 Å². The molecule has 0 spiro atoms. The lowest BCUT2D eigenvalue weighted by Gasteiger charge is -2.03. The molecule has 0 atom stereocenters. The van der Waals surface area contributed by atoms with Gasteiger partial charge in [0, 0.05) is 6.54 Å². The van der Waals surface area contributed by atoms with Gasteiger partial charge < -0.3 is 11.1 Å². The number of anilines is 2. The van der Waals surface area contributed by atoms with E-state index in [4.69, 9.17) is 5.73 Å². The van der Waals surface area contributed by atoms with Crippen LogP contribution in [-0.4, -0.2) is 22.9 Å². The lowest BCUT2D eigenvalue weighted by molar-refractivity contribution is 0.251. The fourth-order valence-electron chi connectivity index (χ4n) is 0.813. The maximum absolute atomic E-state index is 11.2. The Hall–Kier alpha value is -1.79. The predicted molar refractivity (Wildman–Crippen MR) is 50.6 cm³/mol. The van der Waals surface area contributed by atoms with Crippen molar-refractivity contribution in [3.05, 3.63) is 0 Å². The highest BCUT2D eigenvalue weighted by Crippen LogP contribution is 2.09. The monoisotopic (exact) mass is 199 g/mol. The van der Waals surface area contributed by atoms with E-state index in [1.165, 1.54) is 0 Å². The molecule has 1 aromatic rings. The number of amides is 2. The number of hydrogen-bond donors (Lipinski definition) is 3. The normalized spacial score (nSPS) is 9.79. The highest BCUT2D eigenvalue weighted by atomic mass is 16.6. The molecule has 7 heteroatoms. The molecule has 0 saturated heterocycles. The number of nitrogens with zero attached hydrogens (tertiary/aromatic N) is 2. The number of carbonyl (C=O) groups excluding carboxylic acids is 1. The summed E-state index contributed by atoms with van der Waals surface area (Å²) in [7, 11) is 0. The van der Waals surface area contributed by atoms with Gasteiger partial charge in [0.15, 0.2) is 0 Å². The first-order valence-electron chi connectivity index (χ1n) is 4.37. The maximum Gasteiger partial charge on any atom is 0.320 e. The highest BCUT2D eigenvalue weighted by Gasteiger charge is 2.08. The minimum Gasteiger partial charge on any atom is -0.378 e. The molecule has 7 nitrogen and oxygen atoms in total. The van der Waals surface area contributed by atoms with Crippen LogP contribution in [0.5, 0.6) is 0 Å². The lowest BCUT2D eigenvalue weighted by Crippen LogP contribution is -2.29. The van der Waals surface area contributed by atoms with Gasteiger partial charge in [0.25, 0.3) is 0 Å². The van der Waals surface area contributed by atoms with E-state index in [-0.39, 0.29) is 17.7 Å². The van der Waals surface area contributed by atoms with Crippen LogP contribution in [0.1, 0.15) is 19.8 Å². The maximum atomic E-state index is 11.2. The molecule has 2 amide bonds. The summed E-state index contributed by atoms with van der Waals surface area (Å²) in [6.07, 6.45) is 1.95. The Morgan fingerprint density at radius 1 is 1.57 bits per heavy atom. The van der Waals surface area contributed by atoms with Crippen molar-refractivity contribution >= 4 is 17.7 Å². The molecule has 0 unspecified atom stereocenters. The summed E-state index contributed by atoms with van der Waals surface area (Å²) in [5.41, 5.74) is 5.33. The molecule has 0 aliphatic carbocycles. The minimum atomic E-state index is -0.360. The fourth-order valence-corrected chi connectivity index (χ4v) is 0.813. The van der Waals surface area contributed by atoms with Gasteiger partial charge in [-0.3, -0.25) is 5.32 Å². The first kappa shape index (κ1) is 10.3. The molecule has 78 valence electrons. The van der Waals surface area contributed by atoms with Crippen LogP contribution in [0.25, 0.3) is 0 Å². The predicted octanol–water partition coefficient (Wildman–Crippen LogP) is 0.573. The SMILES string of the molecule is CCCCNC(=O)Nc1nonc1N. The third-order valence-electron chi connectivity index (χ3n) is 1.56. The summed E-state index contributed by atoms with van der Waals surface area (Å²) in [5, 5.41) is 11.8. The van der Waals surface area contributed by atoms with Gasteiger partial charge in [0.2, 0.25) is 11.6 Å². The topological polar surface area (TPSA) is 106 Å². The number of aromatic nitrogens is 2. The van der Waals surface area contributed by atoms with Gasteiger partial charge in [-0.25, -0.2) is 9.42 Å². The molecule has 14 heavy (non-hydrogen) atoms. The van der Waals surface area contributed by atoms with E-state index in [0.29, 0.717) is 6.54 Å². The van der Waals surface area contributed by atoms with Gasteiger partial charge in [0.1, 0.15) is 0 Å². The van der Waals surface area contributed by atoms with Crippen molar-refractivity contribution in [1.29, 1.82) is 0 Å². The van der Waals surface area contributed by atoms with Crippen molar-refractivity contribution in [2.24, 2.45) is 0 Å². The van der Waals surface area contributed by atoms with Crippen LogP contribution in [0.2, 0.25) is 0 Å². The second kappa shape index (κ2) is 5.05. The van der Waals surface area contributed by atoms with Crippen LogP contribution in [0.4, 0.5) is 16.4 Å². The number of carbonyl (C=O) groups is 1. The summed E-state index contributed by atoms with van der Waals surface area (Å²) in [4.78, 5) is 11.2. The largest absolute Gasteiger partial charge is 0.378 e. The van der Waals surface area contributed by atoms with E-state index in [9.17, 15) is 4.79 Å². The minimum absolute atomic E-state index is 0.0654. The van der Waals surface area contributed by atoms with Gasteiger partial charge in [-0.15, -0.1) is 0 Å². The Morgan fingerprint density at radius 2 is 2.36 bits per heavy atom. The second-order valence-corrected chi connectivity index (χ2v) is 2.73. The summed E-state index contributed by atoms with van der Waals surface area (Å²) < 4.78 is 4.30. The van der Waals surface area contributed by atoms with Crippen molar-refractivity contribution in [2.75, 3.05) is 17.6 Å². The zero-order valence-electron chi connectivity index (χ0n) is 7.91. The van der Waals surface area contributed by atoms with Gasteiger partial charge in [0.05, 0.1) is 0 Å². The average molecular weight is 199 g/mol. The number of nitrogens with one attached hydrogen (secondary N) is 2. The van der Waals surface area contributed by atoms with Crippen molar-refractivity contribution in [3.8, 4) is 0 Å². The number of nitrogens with two attached hydrogens (primary N) is 1. The van der Waals surface area contributed by atoms with Gasteiger partial charge in [-0.1, -0.05) is 13.3 Å². The first-order valence-corrected chi connectivity index (χ1v) is 4.37. The smallest absolute Gasteiger partial charge is 0.320 e. The van der Waals surface area contributed by atoms with Crippen LogP contribution in [0, 0.1) is 0 Å². The second-order valence-electron chi connectivity index (χ2n) is 2.73. The van der Waals surface area contributed by atoms with Crippen molar-refractivity contribution in [1.82, 2.24) is 15.6 Å². The summed E-state index contributed by atoms with van der Waals surface area (Å²) in [6.45, 7) is 2.66. The molecule has 1 aromatic heterocycles. The molecule has 4 N–H and O–H groups in total. The van der Waals surface area contributed by atoms with E-state index in [2.05, 4.69) is 25.6 Å². The molecule has 1 rings (SSSR count). The molecule has 0 radical (unpaired) electrons. The van der Waals surface area contributed by atoms with Gasteiger partial charge in [-0.2, -0.15) is 0 Å². The third-order valence-corrected chi connectivity index (χ3v) is 1.56. The Balaban J connectivity index is 2.31. The molecule has 0 aromatic carbocycles. The molecule has 0 saturated carbocycles. The van der Waals surface area contributed by atoms with Crippen molar-refractivity contribution in [2.45, 2.75) is 19.8 Å². The number of urea groups is 1. The van der Waals surface area contributed by atoms with Crippen LogP contribution in [0.3, 0.4) is 0 Å². The Kier molecular flexibility index (Phi) is 3.71. The molecular weight excluding hydrogens is 186 g/mol. The number of nitrogen functional groups attached to an aromatic ring is 1. The zero-order chi connectivity index (χ0) is 10.4.